The van der Waals surface area contributed by atoms with Crippen LogP contribution in [0.1, 0.15) is 48.4 Å². The summed E-state index contributed by atoms with van der Waals surface area (Å²) >= 11 is 6.55. The number of aromatic nitrogens is 2. The second kappa shape index (κ2) is 10.3. The highest BCUT2D eigenvalue weighted by Crippen LogP contribution is 2.32. The number of aryl methyl sites for hydroxylation is 1. The van der Waals surface area contributed by atoms with Crippen LogP contribution in [-0.2, 0) is 4.79 Å². The molecule has 1 aliphatic rings. The summed E-state index contributed by atoms with van der Waals surface area (Å²) in [6, 6.07) is 19.7. The number of hydrogen-bond donors (Lipinski definition) is 0. The maximum atomic E-state index is 13.1. The van der Waals surface area contributed by atoms with Crippen molar-refractivity contribution in [1.82, 2.24) is 14.9 Å². The van der Waals surface area contributed by atoms with E-state index in [0.29, 0.717) is 25.6 Å². The van der Waals surface area contributed by atoms with Crippen molar-refractivity contribution in [1.29, 1.82) is 0 Å². The number of amides is 1. The molecule has 1 aliphatic heterocycles. The maximum absolute atomic E-state index is 13.1. The number of halogens is 1. The smallest absolute Gasteiger partial charge is 0.245 e. The highest BCUT2D eigenvalue weighted by molar-refractivity contribution is 6.30. The lowest BCUT2D eigenvalue weighted by Gasteiger charge is -2.27. The molecule has 0 aliphatic carbocycles. The Labute approximate surface area is 201 Å². The normalized spacial score (nSPS) is 15.4. The Bertz CT molecular complexity index is 1090. The Morgan fingerprint density at radius 2 is 1.58 bits per heavy atom. The molecule has 5 nitrogen and oxygen atoms in total. The second-order valence-electron chi connectivity index (χ2n) is 8.83. The summed E-state index contributed by atoms with van der Waals surface area (Å²) < 4.78 is 0. The van der Waals surface area contributed by atoms with Crippen molar-refractivity contribution < 1.29 is 4.79 Å². The van der Waals surface area contributed by atoms with Crippen molar-refractivity contribution in [2.45, 2.75) is 38.5 Å². The van der Waals surface area contributed by atoms with E-state index in [-0.39, 0.29) is 5.91 Å². The van der Waals surface area contributed by atoms with Crippen molar-refractivity contribution in [2.75, 3.05) is 31.1 Å². The van der Waals surface area contributed by atoms with E-state index in [4.69, 9.17) is 21.6 Å². The van der Waals surface area contributed by atoms with Crippen LogP contribution in [0.4, 0.5) is 5.82 Å². The standard InChI is InChI=1S/C27H31ClN4O/c1-19(2)23-20(3)29-25(22-13-8-5-9-14-22)30-26(23)31-15-10-16-32(18-17-31)27(33)24(28)21-11-6-4-7-12-21/h4-9,11-14,19,24H,10,15-18H2,1-3H3. The van der Waals surface area contributed by atoms with Crippen LogP contribution in [0.15, 0.2) is 60.7 Å². The molecule has 172 valence electrons. The third-order valence-electron chi connectivity index (χ3n) is 6.14. The molecule has 0 bridgehead atoms. The molecular weight excluding hydrogens is 432 g/mol. The fourth-order valence-corrected chi connectivity index (χ4v) is 4.76. The van der Waals surface area contributed by atoms with E-state index in [2.05, 4.69) is 25.7 Å². The first-order chi connectivity index (χ1) is 16.0. The minimum atomic E-state index is -0.657. The minimum Gasteiger partial charge on any atom is -0.354 e. The largest absolute Gasteiger partial charge is 0.354 e. The Morgan fingerprint density at radius 3 is 2.24 bits per heavy atom. The number of hydrogen-bond acceptors (Lipinski definition) is 4. The van der Waals surface area contributed by atoms with E-state index in [9.17, 15) is 4.79 Å². The third kappa shape index (κ3) is 5.19. The number of rotatable bonds is 5. The highest BCUT2D eigenvalue weighted by atomic mass is 35.5. The van der Waals surface area contributed by atoms with E-state index < -0.39 is 5.38 Å². The van der Waals surface area contributed by atoms with Crippen LogP contribution in [0, 0.1) is 6.92 Å². The van der Waals surface area contributed by atoms with Gasteiger partial charge in [0.1, 0.15) is 11.2 Å². The molecule has 1 fully saturated rings. The van der Waals surface area contributed by atoms with Crippen molar-refractivity contribution in [2.24, 2.45) is 0 Å². The summed E-state index contributed by atoms with van der Waals surface area (Å²) in [5.74, 6) is 2.00. The van der Waals surface area contributed by atoms with Gasteiger partial charge >= 0.3 is 0 Å². The molecule has 2 heterocycles. The summed E-state index contributed by atoms with van der Waals surface area (Å²) in [5, 5.41) is -0.657. The summed E-state index contributed by atoms with van der Waals surface area (Å²) in [6.45, 7) is 9.31. The zero-order chi connectivity index (χ0) is 23.4. The molecule has 0 N–H and O–H groups in total. The third-order valence-corrected chi connectivity index (χ3v) is 6.58. The predicted octanol–water partition coefficient (Wildman–Crippen LogP) is 5.59. The fourth-order valence-electron chi connectivity index (χ4n) is 4.47. The zero-order valence-electron chi connectivity index (χ0n) is 19.5. The molecule has 4 rings (SSSR count). The van der Waals surface area contributed by atoms with Crippen LogP contribution in [0.2, 0.25) is 0 Å². The van der Waals surface area contributed by atoms with Crippen molar-refractivity contribution >= 4 is 23.3 Å². The maximum Gasteiger partial charge on any atom is 0.245 e. The van der Waals surface area contributed by atoms with Gasteiger partial charge in [-0.2, -0.15) is 0 Å². The SMILES string of the molecule is Cc1nc(-c2ccccc2)nc(N2CCCN(C(=O)C(Cl)c3ccccc3)CC2)c1C(C)C. The summed E-state index contributed by atoms with van der Waals surface area (Å²) in [4.78, 5) is 27.2. The Kier molecular flexibility index (Phi) is 7.29. The number of anilines is 1. The first-order valence-electron chi connectivity index (χ1n) is 11.6. The van der Waals surface area contributed by atoms with Crippen molar-refractivity contribution in [3.8, 4) is 11.4 Å². The van der Waals surface area contributed by atoms with Crippen LogP contribution >= 0.6 is 11.6 Å². The number of carbonyl (C=O) groups excluding carboxylic acids is 1. The van der Waals surface area contributed by atoms with E-state index >= 15 is 0 Å². The fraction of sp³-hybridized carbons (Fsp3) is 0.370. The van der Waals surface area contributed by atoms with Crippen LogP contribution in [-0.4, -0.2) is 47.0 Å². The first kappa shape index (κ1) is 23.2. The number of nitrogens with zero attached hydrogens (tertiary/aromatic N) is 4. The van der Waals surface area contributed by atoms with Gasteiger partial charge in [-0.15, -0.1) is 11.6 Å². The molecule has 1 unspecified atom stereocenters. The highest BCUT2D eigenvalue weighted by Gasteiger charge is 2.28. The van der Waals surface area contributed by atoms with Gasteiger partial charge < -0.3 is 9.80 Å². The molecule has 3 aromatic rings. The van der Waals surface area contributed by atoms with E-state index in [1.54, 1.807) is 0 Å². The van der Waals surface area contributed by atoms with Crippen LogP contribution < -0.4 is 4.90 Å². The summed E-state index contributed by atoms with van der Waals surface area (Å²) in [7, 11) is 0. The monoisotopic (exact) mass is 462 g/mol. The summed E-state index contributed by atoms with van der Waals surface area (Å²) in [5.41, 5.74) is 4.04. The van der Waals surface area contributed by atoms with E-state index in [0.717, 1.165) is 41.4 Å². The van der Waals surface area contributed by atoms with Gasteiger partial charge in [0.2, 0.25) is 5.91 Å². The molecule has 0 spiro atoms. The van der Waals surface area contributed by atoms with Crippen LogP contribution in [0.5, 0.6) is 0 Å². The Balaban J connectivity index is 1.58. The molecule has 2 aromatic carbocycles. The molecule has 33 heavy (non-hydrogen) atoms. The minimum absolute atomic E-state index is 0.0300. The molecule has 1 atom stereocenters. The zero-order valence-corrected chi connectivity index (χ0v) is 20.3. The molecule has 1 amide bonds. The van der Waals surface area contributed by atoms with Crippen molar-refractivity contribution in [3.63, 3.8) is 0 Å². The number of benzene rings is 2. The van der Waals surface area contributed by atoms with Gasteiger partial charge in [0.25, 0.3) is 0 Å². The van der Waals surface area contributed by atoms with E-state index in [1.165, 1.54) is 5.56 Å². The lowest BCUT2D eigenvalue weighted by Crippen LogP contribution is -2.37. The second-order valence-corrected chi connectivity index (χ2v) is 9.27. The average Bonchev–Trinajstić information content (AvgIpc) is 3.10. The number of carbonyl (C=O) groups is 1. The first-order valence-corrected chi connectivity index (χ1v) is 12.1. The molecular formula is C27H31ClN4O. The lowest BCUT2D eigenvalue weighted by atomic mass is 10.0. The lowest BCUT2D eigenvalue weighted by molar-refractivity contribution is -0.130. The molecule has 6 heteroatoms. The van der Waals surface area contributed by atoms with Gasteiger partial charge in [0.15, 0.2) is 5.82 Å². The summed E-state index contributed by atoms with van der Waals surface area (Å²) in [6.07, 6.45) is 0.866. The predicted molar refractivity (Wildman–Crippen MR) is 135 cm³/mol. The number of alkyl halides is 1. The molecule has 1 saturated heterocycles. The Hall–Kier alpha value is -2.92. The van der Waals surface area contributed by atoms with Gasteiger partial charge in [0, 0.05) is 43.0 Å². The van der Waals surface area contributed by atoms with Gasteiger partial charge in [-0.3, -0.25) is 4.79 Å². The Morgan fingerprint density at radius 1 is 0.909 bits per heavy atom. The van der Waals surface area contributed by atoms with Gasteiger partial charge in [0.05, 0.1) is 0 Å². The van der Waals surface area contributed by atoms with Gasteiger partial charge in [-0.05, 0) is 24.8 Å². The van der Waals surface area contributed by atoms with Gasteiger partial charge in [-0.25, -0.2) is 9.97 Å². The van der Waals surface area contributed by atoms with Crippen molar-refractivity contribution in [3.05, 3.63) is 77.5 Å². The van der Waals surface area contributed by atoms with E-state index in [1.807, 2.05) is 65.6 Å². The van der Waals surface area contributed by atoms with Crippen LogP contribution in [0.3, 0.4) is 0 Å². The van der Waals surface area contributed by atoms with Crippen LogP contribution in [0.25, 0.3) is 11.4 Å². The molecule has 0 radical (unpaired) electrons. The molecule has 0 saturated carbocycles. The average molecular weight is 463 g/mol. The van der Waals surface area contributed by atoms with Gasteiger partial charge in [-0.1, -0.05) is 74.5 Å². The quantitative estimate of drug-likeness (QED) is 0.463. The topological polar surface area (TPSA) is 49.3 Å². The molecule has 1 aromatic heterocycles.